The summed E-state index contributed by atoms with van der Waals surface area (Å²) in [7, 11) is 0. The van der Waals surface area contributed by atoms with Gasteiger partial charge in [-0.25, -0.2) is 8.78 Å². The van der Waals surface area contributed by atoms with Gasteiger partial charge in [-0.3, -0.25) is 0 Å². The predicted octanol–water partition coefficient (Wildman–Crippen LogP) is 7.62. The Kier molecular flexibility index (Phi) is 6.62. The molecule has 0 heterocycles. The highest BCUT2D eigenvalue weighted by Gasteiger charge is 2.24. The Balaban J connectivity index is 1.77. The highest BCUT2D eigenvalue weighted by atomic mass is 19.4. The van der Waals surface area contributed by atoms with Crippen molar-refractivity contribution in [2.24, 2.45) is 5.92 Å². The van der Waals surface area contributed by atoms with Crippen molar-refractivity contribution in [2.75, 3.05) is 0 Å². The molecule has 2 aromatic carbocycles. The quantitative estimate of drug-likeness (QED) is 0.362. The lowest BCUT2D eigenvalue weighted by Gasteiger charge is -2.28. The molecule has 1 aliphatic carbocycles. The van der Waals surface area contributed by atoms with Crippen molar-refractivity contribution in [1.29, 1.82) is 0 Å². The Morgan fingerprint density at radius 2 is 1.66 bits per heavy atom. The van der Waals surface area contributed by atoms with E-state index >= 15 is 0 Å². The maximum absolute atomic E-state index is 14.7. The van der Waals surface area contributed by atoms with Gasteiger partial charge >= 0.3 is 6.18 Å². The molecule has 29 heavy (non-hydrogen) atoms. The standard InChI is InChI=1S/C24H23F5/c1-2-3-16-4-6-17(7-5-16)19-10-11-21(23(26)14-19)20-9-8-18(22(25)15-20)12-13-24(27,28)29/h8-11,14-17H,2-7H2,1H3. The number of alkyl halides is 3. The zero-order valence-corrected chi connectivity index (χ0v) is 16.3. The minimum absolute atomic E-state index is 0.225. The summed E-state index contributed by atoms with van der Waals surface area (Å²) in [6, 6.07) is 8.56. The van der Waals surface area contributed by atoms with E-state index in [0.717, 1.165) is 55.2 Å². The molecule has 0 amide bonds. The first-order chi connectivity index (χ1) is 13.8. The molecule has 1 saturated carbocycles. The number of benzene rings is 2. The Hall–Kier alpha value is -2.35. The summed E-state index contributed by atoms with van der Waals surface area (Å²) in [6.07, 6.45) is 2.16. The van der Waals surface area contributed by atoms with E-state index in [2.05, 4.69) is 6.92 Å². The van der Waals surface area contributed by atoms with Gasteiger partial charge in [-0.1, -0.05) is 43.9 Å². The molecule has 0 atom stereocenters. The van der Waals surface area contributed by atoms with Crippen molar-refractivity contribution in [2.45, 2.75) is 57.5 Å². The zero-order valence-electron chi connectivity index (χ0n) is 16.3. The van der Waals surface area contributed by atoms with Gasteiger partial charge in [0.1, 0.15) is 11.6 Å². The molecule has 2 aromatic rings. The molecule has 0 nitrogen and oxygen atoms in total. The number of hydrogen-bond donors (Lipinski definition) is 0. The van der Waals surface area contributed by atoms with Crippen LogP contribution in [0.1, 0.15) is 62.5 Å². The van der Waals surface area contributed by atoms with E-state index in [1.807, 2.05) is 6.07 Å². The molecule has 0 unspecified atom stereocenters. The molecule has 0 radical (unpaired) electrons. The molecule has 0 spiro atoms. The molecule has 5 heteroatoms. The second kappa shape index (κ2) is 8.98. The maximum Gasteiger partial charge on any atom is 0.458 e. The van der Waals surface area contributed by atoms with Gasteiger partial charge in [0.15, 0.2) is 0 Å². The van der Waals surface area contributed by atoms with Crippen molar-refractivity contribution in [3.05, 3.63) is 59.2 Å². The van der Waals surface area contributed by atoms with Crippen molar-refractivity contribution in [3.8, 4) is 23.0 Å². The Bertz CT molecular complexity index is 909. The van der Waals surface area contributed by atoms with Gasteiger partial charge < -0.3 is 0 Å². The van der Waals surface area contributed by atoms with Crippen LogP contribution in [0.4, 0.5) is 22.0 Å². The van der Waals surface area contributed by atoms with Gasteiger partial charge in [-0.2, -0.15) is 13.2 Å². The fourth-order valence-electron chi connectivity index (χ4n) is 4.13. The zero-order chi connectivity index (χ0) is 21.0. The first-order valence-electron chi connectivity index (χ1n) is 9.96. The third-order valence-corrected chi connectivity index (χ3v) is 5.63. The van der Waals surface area contributed by atoms with Crippen LogP contribution in [0, 0.1) is 29.4 Å². The molecule has 0 aliphatic heterocycles. The highest BCUT2D eigenvalue weighted by Crippen LogP contribution is 2.38. The van der Waals surface area contributed by atoms with E-state index < -0.39 is 17.8 Å². The second-order valence-electron chi connectivity index (χ2n) is 7.69. The van der Waals surface area contributed by atoms with Gasteiger partial charge in [0.05, 0.1) is 5.56 Å². The monoisotopic (exact) mass is 406 g/mol. The van der Waals surface area contributed by atoms with E-state index in [0.29, 0.717) is 5.92 Å². The van der Waals surface area contributed by atoms with Crippen molar-refractivity contribution in [1.82, 2.24) is 0 Å². The van der Waals surface area contributed by atoms with Crippen LogP contribution in [-0.2, 0) is 0 Å². The molecule has 0 aromatic heterocycles. The largest absolute Gasteiger partial charge is 0.458 e. The van der Waals surface area contributed by atoms with Gasteiger partial charge in [0, 0.05) is 11.5 Å². The van der Waals surface area contributed by atoms with Gasteiger partial charge in [0.2, 0.25) is 0 Å². The molecule has 0 bridgehead atoms. The molecule has 0 saturated heterocycles. The van der Waals surface area contributed by atoms with Crippen molar-refractivity contribution >= 4 is 0 Å². The molecule has 1 aliphatic rings. The smallest absolute Gasteiger partial charge is 0.206 e. The summed E-state index contributed by atoms with van der Waals surface area (Å²) in [5.74, 6) is 2.55. The number of rotatable bonds is 4. The third kappa shape index (κ3) is 5.59. The van der Waals surface area contributed by atoms with Gasteiger partial charge in [-0.15, -0.1) is 0 Å². The lowest BCUT2D eigenvalue weighted by molar-refractivity contribution is -0.0696. The lowest BCUT2D eigenvalue weighted by atomic mass is 9.77. The van der Waals surface area contributed by atoms with E-state index in [1.54, 1.807) is 12.0 Å². The minimum atomic E-state index is -4.69. The van der Waals surface area contributed by atoms with Crippen LogP contribution in [0.2, 0.25) is 0 Å². The molecule has 154 valence electrons. The average molecular weight is 406 g/mol. The van der Waals surface area contributed by atoms with Crippen LogP contribution in [0.5, 0.6) is 0 Å². The SMILES string of the molecule is CCCC1CCC(c2ccc(-c3ccc(C#CC(F)(F)F)c(F)c3)c(F)c2)CC1. The van der Waals surface area contributed by atoms with E-state index in [1.165, 1.54) is 25.0 Å². The fraction of sp³-hybridized carbons (Fsp3) is 0.417. The predicted molar refractivity (Wildman–Crippen MR) is 104 cm³/mol. The highest BCUT2D eigenvalue weighted by molar-refractivity contribution is 5.66. The van der Waals surface area contributed by atoms with Gasteiger partial charge in [-0.05, 0) is 66.8 Å². The van der Waals surface area contributed by atoms with Crippen molar-refractivity contribution < 1.29 is 22.0 Å². The number of halogens is 5. The summed E-state index contributed by atoms with van der Waals surface area (Å²) < 4.78 is 65.4. The maximum atomic E-state index is 14.7. The topological polar surface area (TPSA) is 0 Å². The van der Waals surface area contributed by atoms with Crippen molar-refractivity contribution in [3.63, 3.8) is 0 Å². The Labute approximate surface area is 168 Å². The van der Waals surface area contributed by atoms with Crippen LogP contribution in [-0.4, -0.2) is 6.18 Å². The van der Waals surface area contributed by atoms with E-state index in [9.17, 15) is 22.0 Å². The Morgan fingerprint density at radius 3 is 2.24 bits per heavy atom. The van der Waals surface area contributed by atoms with Gasteiger partial charge in [0.25, 0.3) is 0 Å². The molecule has 3 rings (SSSR count). The lowest BCUT2D eigenvalue weighted by Crippen LogP contribution is -2.13. The van der Waals surface area contributed by atoms with E-state index in [-0.39, 0.29) is 16.7 Å². The normalized spacial score (nSPS) is 19.5. The molecular weight excluding hydrogens is 383 g/mol. The van der Waals surface area contributed by atoms with Crippen LogP contribution < -0.4 is 0 Å². The third-order valence-electron chi connectivity index (χ3n) is 5.63. The Morgan fingerprint density at radius 1 is 0.931 bits per heavy atom. The average Bonchev–Trinajstić information content (AvgIpc) is 2.67. The summed E-state index contributed by atoms with van der Waals surface area (Å²) in [4.78, 5) is 0. The summed E-state index contributed by atoms with van der Waals surface area (Å²) in [6.45, 7) is 2.19. The fourth-order valence-corrected chi connectivity index (χ4v) is 4.13. The molecular formula is C24H23F5. The summed E-state index contributed by atoms with van der Waals surface area (Å²) in [5.41, 5.74) is 1.08. The van der Waals surface area contributed by atoms with Crippen LogP contribution in [0.25, 0.3) is 11.1 Å². The van der Waals surface area contributed by atoms with E-state index in [4.69, 9.17) is 0 Å². The first-order valence-corrected chi connectivity index (χ1v) is 9.96. The molecule has 0 N–H and O–H groups in total. The van der Waals surface area contributed by atoms with Crippen LogP contribution in [0.15, 0.2) is 36.4 Å². The minimum Gasteiger partial charge on any atom is -0.206 e. The summed E-state index contributed by atoms with van der Waals surface area (Å²) in [5, 5.41) is 0. The van der Waals surface area contributed by atoms with Crippen LogP contribution >= 0.6 is 0 Å². The number of hydrogen-bond acceptors (Lipinski definition) is 0. The first kappa shape index (κ1) is 21.4. The summed E-state index contributed by atoms with van der Waals surface area (Å²) >= 11 is 0. The second-order valence-corrected chi connectivity index (χ2v) is 7.69. The molecule has 1 fully saturated rings. The van der Waals surface area contributed by atoms with Crippen LogP contribution in [0.3, 0.4) is 0 Å².